The molecule has 0 atom stereocenters. The Morgan fingerprint density at radius 2 is 1.97 bits per heavy atom. The number of carbonyl (C=O) groups excluding carboxylic acids is 2. The number of morpholine rings is 1. The van der Waals surface area contributed by atoms with Crippen LogP contribution in [0.5, 0.6) is 0 Å². The molecule has 9 heteroatoms. The van der Waals surface area contributed by atoms with Gasteiger partial charge < -0.3 is 14.8 Å². The highest BCUT2D eigenvalue weighted by Crippen LogP contribution is 2.29. The van der Waals surface area contributed by atoms with Gasteiger partial charge in [0.25, 0.3) is 0 Å². The van der Waals surface area contributed by atoms with Gasteiger partial charge in [0.1, 0.15) is 10.0 Å². The zero-order valence-corrected chi connectivity index (χ0v) is 20.4. The summed E-state index contributed by atoms with van der Waals surface area (Å²) in [4.78, 5) is 32.7. The van der Waals surface area contributed by atoms with Crippen LogP contribution in [0, 0.1) is 6.92 Å². The highest BCUT2D eigenvalue weighted by Gasteiger charge is 2.19. The minimum atomic E-state index is -0.426. The molecule has 0 radical (unpaired) electrons. The zero-order valence-electron chi connectivity index (χ0n) is 18.8. The molecule has 0 spiro atoms. The third-order valence-electron chi connectivity index (χ3n) is 5.21. The summed E-state index contributed by atoms with van der Waals surface area (Å²) in [6.45, 7) is 8.38. The van der Waals surface area contributed by atoms with Gasteiger partial charge in [-0.15, -0.1) is 22.7 Å². The van der Waals surface area contributed by atoms with Crippen molar-refractivity contribution in [3.63, 3.8) is 0 Å². The van der Waals surface area contributed by atoms with E-state index in [-0.39, 0.29) is 18.9 Å². The third kappa shape index (κ3) is 6.26. The molecule has 1 amide bonds. The number of hydrogen-bond acceptors (Lipinski definition) is 8. The molecular formula is C24H27N3O4S2. The SMILES string of the molecule is CCOC(=O)c1cc(C)sc1NC(=O)Cc1csc(-c2ccc(CN3CCOCC3)cc2)n1. The maximum atomic E-state index is 12.6. The van der Waals surface area contributed by atoms with Gasteiger partial charge in [0.15, 0.2) is 0 Å². The second-order valence-electron chi connectivity index (χ2n) is 7.77. The predicted octanol–water partition coefficient (Wildman–Crippen LogP) is 4.37. The normalized spacial score (nSPS) is 14.2. The molecule has 3 aromatic rings. The molecule has 7 nitrogen and oxygen atoms in total. The van der Waals surface area contributed by atoms with Crippen molar-refractivity contribution in [2.75, 3.05) is 38.2 Å². The van der Waals surface area contributed by atoms with E-state index in [0.717, 1.165) is 48.3 Å². The fourth-order valence-electron chi connectivity index (χ4n) is 3.59. The second kappa shape index (κ2) is 11.0. The lowest BCUT2D eigenvalue weighted by Gasteiger charge is -2.26. The highest BCUT2D eigenvalue weighted by molar-refractivity contribution is 7.16. The first-order valence-corrected chi connectivity index (χ1v) is 12.6. The van der Waals surface area contributed by atoms with Crippen LogP contribution in [0.3, 0.4) is 0 Å². The van der Waals surface area contributed by atoms with Crippen LogP contribution < -0.4 is 5.32 Å². The van der Waals surface area contributed by atoms with E-state index >= 15 is 0 Å². The van der Waals surface area contributed by atoms with Crippen LogP contribution in [0.2, 0.25) is 0 Å². The Morgan fingerprint density at radius 1 is 1.21 bits per heavy atom. The van der Waals surface area contributed by atoms with Gasteiger partial charge in [0.2, 0.25) is 5.91 Å². The molecule has 0 aliphatic carbocycles. The Bertz CT molecular complexity index is 1100. The second-order valence-corrected chi connectivity index (χ2v) is 9.89. The topological polar surface area (TPSA) is 80.8 Å². The van der Waals surface area contributed by atoms with Crippen LogP contribution in [0.1, 0.15) is 33.4 Å². The van der Waals surface area contributed by atoms with Gasteiger partial charge in [0.05, 0.1) is 37.5 Å². The molecule has 0 bridgehead atoms. The van der Waals surface area contributed by atoms with E-state index in [1.54, 1.807) is 13.0 Å². The first-order valence-electron chi connectivity index (χ1n) is 10.9. The van der Waals surface area contributed by atoms with E-state index < -0.39 is 5.97 Å². The number of rotatable bonds is 8. The van der Waals surface area contributed by atoms with Crippen LogP contribution in [0.4, 0.5) is 5.00 Å². The summed E-state index contributed by atoms with van der Waals surface area (Å²) in [6.07, 6.45) is 0.144. The summed E-state index contributed by atoms with van der Waals surface area (Å²) in [5, 5.41) is 6.15. The van der Waals surface area contributed by atoms with Crippen LogP contribution in [0.15, 0.2) is 35.7 Å². The molecule has 1 aliphatic rings. The molecule has 1 saturated heterocycles. The predicted molar refractivity (Wildman–Crippen MR) is 131 cm³/mol. The Kier molecular flexibility index (Phi) is 7.87. The van der Waals surface area contributed by atoms with E-state index in [1.165, 1.54) is 28.2 Å². The van der Waals surface area contributed by atoms with Gasteiger partial charge >= 0.3 is 5.97 Å². The summed E-state index contributed by atoms with van der Waals surface area (Å²) < 4.78 is 10.5. The van der Waals surface area contributed by atoms with Gasteiger partial charge in [-0.1, -0.05) is 24.3 Å². The van der Waals surface area contributed by atoms with Gasteiger partial charge in [-0.25, -0.2) is 9.78 Å². The first-order chi connectivity index (χ1) is 16.0. The van der Waals surface area contributed by atoms with Crippen LogP contribution in [-0.4, -0.2) is 54.7 Å². The number of thiophene rings is 1. The first kappa shape index (κ1) is 23.6. The lowest BCUT2D eigenvalue weighted by atomic mass is 10.1. The Hall–Kier alpha value is -2.59. The standard InChI is InChI=1S/C24H27N3O4S2/c1-3-31-24(29)20-12-16(2)33-23(20)26-21(28)13-19-15-32-22(25-19)18-6-4-17(5-7-18)14-27-8-10-30-11-9-27/h4-7,12,15H,3,8-11,13-14H2,1-2H3,(H,26,28). The molecule has 1 aliphatic heterocycles. The maximum absolute atomic E-state index is 12.6. The number of anilines is 1. The number of aryl methyl sites for hydroxylation is 1. The molecule has 4 rings (SSSR count). The third-order valence-corrected chi connectivity index (χ3v) is 7.11. The van der Waals surface area contributed by atoms with E-state index in [1.807, 2.05) is 12.3 Å². The molecule has 1 fully saturated rings. The average molecular weight is 486 g/mol. The number of hydrogen-bond donors (Lipinski definition) is 1. The average Bonchev–Trinajstić information content (AvgIpc) is 3.41. The minimum Gasteiger partial charge on any atom is -0.462 e. The Labute approximate surface area is 201 Å². The molecule has 0 unspecified atom stereocenters. The Morgan fingerprint density at radius 3 is 2.70 bits per heavy atom. The fraction of sp³-hybridized carbons (Fsp3) is 0.375. The molecule has 1 aromatic carbocycles. The highest BCUT2D eigenvalue weighted by atomic mass is 32.1. The molecule has 1 N–H and O–H groups in total. The van der Waals surface area contributed by atoms with Crippen molar-refractivity contribution in [3.8, 4) is 10.6 Å². The van der Waals surface area contributed by atoms with Gasteiger partial charge in [-0.05, 0) is 25.5 Å². The minimum absolute atomic E-state index is 0.144. The monoisotopic (exact) mass is 485 g/mol. The van der Waals surface area contributed by atoms with Crippen molar-refractivity contribution in [1.82, 2.24) is 9.88 Å². The number of aromatic nitrogens is 1. The van der Waals surface area contributed by atoms with Crippen LogP contribution >= 0.6 is 22.7 Å². The van der Waals surface area contributed by atoms with Crippen molar-refractivity contribution >= 4 is 39.6 Å². The van der Waals surface area contributed by atoms with E-state index in [9.17, 15) is 9.59 Å². The van der Waals surface area contributed by atoms with E-state index in [4.69, 9.17) is 9.47 Å². The fourth-order valence-corrected chi connectivity index (χ4v) is 5.34. The quantitative estimate of drug-likeness (QED) is 0.477. The number of nitrogens with one attached hydrogen (secondary N) is 1. The number of amides is 1. The van der Waals surface area contributed by atoms with Crippen molar-refractivity contribution in [2.24, 2.45) is 0 Å². The summed E-state index contributed by atoms with van der Waals surface area (Å²) >= 11 is 2.88. The lowest BCUT2D eigenvalue weighted by molar-refractivity contribution is -0.115. The number of nitrogens with zero attached hydrogens (tertiary/aromatic N) is 2. The zero-order chi connectivity index (χ0) is 23.2. The largest absolute Gasteiger partial charge is 0.462 e. The van der Waals surface area contributed by atoms with E-state index in [2.05, 4.69) is 39.5 Å². The molecule has 2 aromatic heterocycles. The van der Waals surface area contributed by atoms with Crippen LogP contribution in [-0.2, 0) is 27.2 Å². The molecule has 0 saturated carbocycles. The number of carbonyl (C=O) groups is 2. The van der Waals surface area contributed by atoms with Gasteiger partial charge in [-0.2, -0.15) is 0 Å². The van der Waals surface area contributed by atoms with Crippen molar-refractivity contribution in [1.29, 1.82) is 0 Å². The molecular weight excluding hydrogens is 458 g/mol. The number of benzene rings is 1. The Balaban J connectivity index is 1.36. The molecule has 174 valence electrons. The maximum Gasteiger partial charge on any atom is 0.341 e. The molecule has 3 heterocycles. The number of ether oxygens (including phenoxy) is 2. The van der Waals surface area contributed by atoms with E-state index in [0.29, 0.717) is 16.3 Å². The summed E-state index contributed by atoms with van der Waals surface area (Å²) in [5.41, 5.74) is 3.40. The van der Waals surface area contributed by atoms with Gasteiger partial charge in [0, 0.05) is 35.5 Å². The van der Waals surface area contributed by atoms with Crippen LogP contribution in [0.25, 0.3) is 10.6 Å². The van der Waals surface area contributed by atoms with Crippen molar-refractivity contribution in [2.45, 2.75) is 26.8 Å². The van der Waals surface area contributed by atoms with Crippen molar-refractivity contribution in [3.05, 3.63) is 57.4 Å². The molecule has 33 heavy (non-hydrogen) atoms. The number of thiazole rings is 1. The lowest BCUT2D eigenvalue weighted by Crippen LogP contribution is -2.35. The van der Waals surface area contributed by atoms with Crippen molar-refractivity contribution < 1.29 is 19.1 Å². The summed E-state index contributed by atoms with van der Waals surface area (Å²) in [6, 6.07) is 10.2. The summed E-state index contributed by atoms with van der Waals surface area (Å²) in [5.74, 6) is -0.634. The smallest absolute Gasteiger partial charge is 0.341 e. The van der Waals surface area contributed by atoms with Gasteiger partial charge in [-0.3, -0.25) is 9.69 Å². The number of esters is 1. The summed E-state index contributed by atoms with van der Waals surface area (Å²) in [7, 11) is 0.